The fourth-order valence-corrected chi connectivity index (χ4v) is 7.26. The number of carbonyl (C=O) groups is 5. The quantitative estimate of drug-likeness (QED) is 0.0671. The predicted octanol–water partition coefficient (Wildman–Crippen LogP) is 8.06. The molecule has 0 aliphatic rings. The van der Waals surface area contributed by atoms with Crippen LogP contribution in [0.5, 0.6) is 5.75 Å². The molecule has 4 unspecified atom stereocenters. The minimum Gasteiger partial charge on any atom is -0.508 e. The number of thiazole rings is 1. The van der Waals surface area contributed by atoms with Crippen molar-refractivity contribution < 1.29 is 43.7 Å². The van der Waals surface area contributed by atoms with Crippen LogP contribution in [-0.2, 0) is 30.3 Å². The molecule has 1 aromatic heterocycles. The van der Waals surface area contributed by atoms with E-state index in [9.17, 15) is 34.2 Å². The minimum atomic E-state index is -1.15. The van der Waals surface area contributed by atoms with Gasteiger partial charge in [0.05, 0.1) is 5.41 Å². The molecule has 0 saturated carbocycles. The van der Waals surface area contributed by atoms with Crippen molar-refractivity contribution in [2.24, 2.45) is 17.3 Å². The lowest BCUT2D eigenvalue weighted by Crippen LogP contribution is -2.56. The number of amides is 3. The highest BCUT2D eigenvalue weighted by atomic mass is 32.1. The van der Waals surface area contributed by atoms with Crippen LogP contribution in [0.1, 0.15) is 148 Å². The largest absolute Gasteiger partial charge is 0.508 e. The summed E-state index contributed by atoms with van der Waals surface area (Å²) in [4.78, 5) is 72.3. The fourth-order valence-electron chi connectivity index (χ4n) is 6.42. The number of rotatable bonds is 22. The molecule has 0 radical (unpaired) electrons. The molecule has 0 aliphatic carbocycles. The zero-order valence-corrected chi connectivity index (χ0v) is 36.1. The molecule has 5 atom stereocenters. The Hall–Kier alpha value is -4.20. The molecule has 0 spiro atoms. The molecule has 0 aliphatic heterocycles. The van der Waals surface area contributed by atoms with Crippen molar-refractivity contribution in [2.75, 3.05) is 6.54 Å². The maximum atomic E-state index is 14.6. The second-order valence-corrected chi connectivity index (χ2v) is 17.6. The molecule has 0 saturated heterocycles. The standard InChI is InChI=1S/C42H66N4O9S/c1-12-14-15-16-21-46(38(50)35(27(5)13-2)45-40(53)55-41(7,8)9)33(26(3)4)23-34(54-28(6)47)37-44-32(25-56-37)36(49)43-30(24-42(10,11)39(51)52)22-29-17-19-31(48)20-18-29/h17-20,25-27,30,33-35,48H,12-16,21-24H2,1-11H3,(H,43,49)(H,45,53)(H,51,52)/t27?,30-,33?,34?,35?/m0/s1. The van der Waals surface area contributed by atoms with Gasteiger partial charge >= 0.3 is 18.0 Å². The molecule has 3 amide bonds. The van der Waals surface area contributed by atoms with Crippen molar-refractivity contribution in [3.05, 3.63) is 45.9 Å². The number of phenols is 1. The number of hydrogen-bond donors (Lipinski definition) is 4. The third-order valence-electron chi connectivity index (χ3n) is 9.74. The number of hydrogen-bond acceptors (Lipinski definition) is 10. The lowest BCUT2D eigenvalue weighted by Gasteiger charge is -2.39. The molecule has 4 N–H and O–H groups in total. The Kier molecular flexibility index (Phi) is 18.8. The summed E-state index contributed by atoms with van der Waals surface area (Å²) >= 11 is 1.16. The number of aromatic nitrogens is 1. The van der Waals surface area contributed by atoms with Crippen LogP contribution >= 0.6 is 11.3 Å². The van der Waals surface area contributed by atoms with Gasteiger partial charge in [0.25, 0.3) is 5.91 Å². The predicted molar refractivity (Wildman–Crippen MR) is 217 cm³/mol. The number of carboxylic acids is 1. The number of carboxylic acid groups (broad SMARTS) is 1. The minimum absolute atomic E-state index is 0.0815. The molecule has 2 aromatic rings. The molecule has 0 bridgehead atoms. The fraction of sp³-hybridized carbons (Fsp3) is 0.667. The third kappa shape index (κ3) is 15.7. The molecule has 1 heterocycles. The van der Waals surface area contributed by atoms with Crippen LogP contribution < -0.4 is 10.6 Å². The average molecular weight is 803 g/mol. The number of aliphatic carboxylic acids is 1. The summed E-state index contributed by atoms with van der Waals surface area (Å²) in [6, 6.07) is 4.62. The van der Waals surface area contributed by atoms with Crippen LogP contribution in [0.2, 0.25) is 0 Å². The van der Waals surface area contributed by atoms with Gasteiger partial charge in [0.2, 0.25) is 5.91 Å². The van der Waals surface area contributed by atoms with Crippen LogP contribution in [0.25, 0.3) is 0 Å². The molecule has 314 valence electrons. The number of nitrogens with zero attached hydrogens (tertiary/aromatic N) is 2. The summed E-state index contributed by atoms with van der Waals surface area (Å²) in [5.41, 5.74) is -1.02. The molecular weight excluding hydrogens is 737 g/mol. The number of alkyl carbamates (subject to hydrolysis) is 1. The van der Waals surface area contributed by atoms with E-state index >= 15 is 0 Å². The van der Waals surface area contributed by atoms with E-state index in [1.165, 1.54) is 19.1 Å². The van der Waals surface area contributed by atoms with Crippen LogP contribution in [-0.4, -0.2) is 80.2 Å². The first-order chi connectivity index (χ1) is 26.1. The first-order valence-electron chi connectivity index (χ1n) is 19.8. The third-order valence-corrected chi connectivity index (χ3v) is 10.7. The van der Waals surface area contributed by atoms with Crippen molar-refractivity contribution in [3.63, 3.8) is 0 Å². The molecule has 2 rings (SSSR count). The summed E-state index contributed by atoms with van der Waals surface area (Å²) in [5.74, 6) is -2.52. The second-order valence-electron chi connectivity index (χ2n) is 16.8. The number of nitrogens with one attached hydrogen (secondary N) is 2. The summed E-state index contributed by atoms with van der Waals surface area (Å²) in [5, 5.41) is 27.3. The van der Waals surface area contributed by atoms with Gasteiger partial charge in [-0.25, -0.2) is 9.78 Å². The summed E-state index contributed by atoms with van der Waals surface area (Å²) < 4.78 is 11.4. The Balaban J connectivity index is 2.48. The number of esters is 1. The number of phenolic OH excluding ortho intramolecular Hbond substituents is 1. The van der Waals surface area contributed by atoms with Crippen LogP contribution in [0.3, 0.4) is 0 Å². The van der Waals surface area contributed by atoms with Crippen LogP contribution in [0, 0.1) is 17.3 Å². The normalized spacial score (nSPS) is 14.6. The second kappa shape index (κ2) is 21.9. The first kappa shape index (κ1) is 48.0. The van der Waals surface area contributed by atoms with E-state index in [-0.39, 0.29) is 42.0 Å². The van der Waals surface area contributed by atoms with Gasteiger partial charge in [0.15, 0.2) is 6.10 Å². The summed E-state index contributed by atoms with van der Waals surface area (Å²) in [6.45, 7) is 20.2. The molecule has 1 aromatic carbocycles. The van der Waals surface area contributed by atoms with Crippen LogP contribution in [0.4, 0.5) is 4.79 Å². The van der Waals surface area contributed by atoms with Gasteiger partial charge in [0, 0.05) is 37.4 Å². The van der Waals surface area contributed by atoms with Gasteiger partial charge in [-0.3, -0.25) is 19.2 Å². The van der Waals surface area contributed by atoms with E-state index < -0.39 is 59.2 Å². The van der Waals surface area contributed by atoms with E-state index in [2.05, 4.69) is 22.5 Å². The number of ether oxygens (including phenoxy) is 2. The zero-order chi connectivity index (χ0) is 42.4. The van der Waals surface area contributed by atoms with Gasteiger partial charge in [-0.15, -0.1) is 11.3 Å². The highest BCUT2D eigenvalue weighted by Crippen LogP contribution is 2.32. The van der Waals surface area contributed by atoms with Crippen molar-refractivity contribution in [3.8, 4) is 5.75 Å². The Morgan fingerprint density at radius 1 is 0.946 bits per heavy atom. The average Bonchev–Trinajstić information content (AvgIpc) is 3.59. The number of carbonyl (C=O) groups excluding carboxylic acids is 4. The van der Waals surface area contributed by atoms with Crippen molar-refractivity contribution in [1.82, 2.24) is 20.5 Å². The highest BCUT2D eigenvalue weighted by Gasteiger charge is 2.38. The Bertz CT molecular complexity index is 1580. The van der Waals surface area contributed by atoms with Crippen molar-refractivity contribution in [2.45, 2.75) is 157 Å². The summed E-state index contributed by atoms with van der Waals surface area (Å²) in [6.07, 6.45) is 3.37. The Morgan fingerprint density at radius 2 is 1.59 bits per heavy atom. The van der Waals surface area contributed by atoms with E-state index in [0.717, 1.165) is 42.6 Å². The molecule has 0 fully saturated rings. The zero-order valence-electron chi connectivity index (χ0n) is 35.3. The van der Waals surface area contributed by atoms with E-state index in [4.69, 9.17) is 9.47 Å². The van der Waals surface area contributed by atoms with E-state index in [0.29, 0.717) is 24.4 Å². The van der Waals surface area contributed by atoms with Gasteiger partial charge < -0.3 is 35.2 Å². The maximum absolute atomic E-state index is 14.6. The SMILES string of the molecule is CCCCCCN(C(=O)C(NC(=O)OC(C)(C)C)C(C)CC)C(CC(OC(C)=O)c1nc(C(=O)N[C@@H](Cc2ccc(O)cc2)CC(C)(C)C(=O)O)cs1)C(C)C. The van der Waals surface area contributed by atoms with Crippen molar-refractivity contribution in [1.29, 1.82) is 0 Å². The van der Waals surface area contributed by atoms with Gasteiger partial charge in [-0.1, -0.05) is 72.4 Å². The lowest BCUT2D eigenvalue weighted by atomic mass is 9.84. The van der Waals surface area contributed by atoms with E-state index in [1.54, 1.807) is 52.1 Å². The Morgan fingerprint density at radius 3 is 2.12 bits per heavy atom. The number of aromatic hydroxyl groups is 1. The Labute approximate surface area is 337 Å². The molecule has 13 nitrogen and oxygen atoms in total. The van der Waals surface area contributed by atoms with Crippen molar-refractivity contribution >= 4 is 41.2 Å². The highest BCUT2D eigenvalue weighted by molar-refractivity contribution is 7.09. The first-order valence-corrected chi connectivity index (χ1v) is 20.7. The molecule has 56 heavy (non-hydrogen) atoms. The monoisotopic (exact) mass is 802 g/mol. The van der Waals surface area contributed by atoms with Gasteiger partial charge in [-0.05, 0) is 83.4 Å². The van der Waals surface area contributed by atoms with Gasteiger partial charge in [0.1, 0.15) is 28.1 Å². The number of unbranched alkanes of at least 4 members (excludes halogenated alkanes) is 3. The number of benzene rings is 1. The topological polar surface area (TPSA) is 184 Å². The lowest BCUT2D eigenvalue weighted by molar-refractivity contribution is -0.149. The molecule has 14 heteroatoms. The smallest absolute Gasteiger partial charge is 0.408 e. The van der Waals surface area contributed by atoms with Crippen LogP contribution in [0.15, 0.2) is 29.6 Å². The molecular formula is C42H66N4O9S. The van der Waals surface area contributed by atoms with E-state index in [1.807, 2.05) is 32.6 Å². The maximum Gasteiger partial charge on any atom is 0.408 e. The summed E-state index contributed by atoms with van der Waals surface area (Å²) in [7, 11) is 0. The van der Waals surface area contributed by atoms with Gasteiger partial charge in [-0.2, -0.15) is 0 Å².